The third-order valence-corrected chi connectivity index (χ3v) is 2.04. The first-order valence-corrected chi connectivity index (χ1v) is 5.28. The molecule has 82 valence electrons. The molecule has 0 N–H and O–H groups in total. The molecule has 1 fully saturated rings. The molecular weight excluding hydrogens is 200 g/mol. The Labute approximate surface area is 96.4 Å². The van der Waals surface area contributed by atoms with Gasteiger partial charge >= 0.3 is 0 Å². The molecule has 1 saturated heterocycles. The van der Waals surface area contributed by atoms with E-state index in [2.05, 4.69) is 23.7 Å². The summed E-state index contributed by atoms with van der Waals surface area (Å²) in [5.74, 6) is 12.4. The highest BCUT2D eigenvalue weighted by Crippen LogP contribution is 2.25. The molecule has 1 aliphatic heterocycles. The maximum atomic E-state index is 11.2. The number of carbonyl (C=O) groups excluding carboxylic acids is 1. The van der Waals surface area contributed by atoms with Gasteiger partial charge < -0.3 is 4.74 Å². The highest BCUT2D eigenvalue weighted by molar-refractivity contribution is 5.89. The van der Waals surface area contributed by atoms with Crippen LogP contribution in [0.3, 0.4) is 0 Å². The second kappa shape index (κ2) is 6.53. The molecule has 0 aliphatic carbocycles. The van der Waals surface area contributed by atoms with Crippen LogP contribution in [0.5, 0.6) is 0 Å². The molecule has 0 radical (unpaired) electrons. The minimum atomic E-state index is 0.0965. The molecule has 0 aromatic rings. The molecule has 0 saturated carbocycles. The van der Waals surface area contributed by atoms with Crippen molar-refractivity contribution in [1.82, 2.24) is 0 Å². The zero-order valence-electron chi connectivity index (χ0n) is 9.59. The van der Waals surface area contributed by atoms with Crippen molar-refractivity contribution in [2.45, 2.75) is 33.1 Å². The molecule has 2 nitrogen and oxygen atoms in total. The topological polar surface area (TPSA) is 26.3 Å². The second-order valence-corrected chi connectivity index (χ2v) is 3.29. The number of carbonyl (C=O) groups is 1. The normalized spacial score (nSPS) is 18.4. The van der Waals surface area contributed by atoms with E-state index in [-0.39, 0.29) is 5.78 Å². The predicted molar refractivity (Wildman–Crippen MR) is 63.0 cm³/mol. The Morgan fingerprint density at radius 1 is 1.38 bits per heavy atom. The summed E-state index contributed by atoms with van der Waals surface area (Å²) in [5.41, 5.74) is 0. The van der Waals surface area contributed by atoms with E-state index >= 15 is 0 Å². The number of ether oxygens (including phenoxy) is 1. The van der Waals surface area contributed by atoms with Crippen molar-refractivity contribution in [2.75, 3.05) is 0 Å². The third kappa shape index (κ3) is 4.07. The second-order valence-electron chi connectivity index (χ2n) is 3.29. The Hall–Kier alpha value is -1.93. The summed E-state index contributed by atoms with van der Waals surface area (Å²) in [5, 5.41) is 0. The Balaban J connectivity index is 2.59. The van der Waals surface area contributed by atoms with Crippen LogP contribution in [-0.4, -0.2) is 5.78 Å². The predicted octanol–water partition coefficient (Wildman–Crippen LogP) is 2.57. The van der Waals surface area contributed by atoms with Gasteiger partial charge in [-0.05, 0) is 18.8 Å². The van der Waals surface area contributed by atoms with Crippen molar-refractivity contribution in [3.8, 4) is 23.7 Å². The largest absolute Gasteiger partial charge is 0.465 e. The van der Waals surface area contributed by atoms with E-state index < -0.39 is 0 Å². The maximum Gasteiger partial charge on any atom is 0.158 e. The lowest BCUT2D eigenvalue weighted by Gasteiger charge is -1.97. The van der Waals surface area contributed by atoms with Crippen LogP contribution in [0.1, 0.15) is 33.1 Å². The van der Waals surface area contributed by atoms with Crippen LogP contribution >= 0.6 is 0 Å². The average Bonchev–Trinajstić information content (AvgIpc) is 2.72. The lowest BCUT2D eigenvalue weighted by atomic mass is 10.2. The average molecular weight is 214 g/mol. The van der Waals surface area contributed by atoms with Gasteiger partial charge in [0.05, 0.1) is 0 Å². The molecule has 1 heterocycles. The van der Waals surface area contributed by atoms with Crippen molar-refractivity contribution in [3.63, 3.8) is 0 Å². The molecule has 0 aromatic heterocycles. The highest BCUT2D eigenvalue weighted by Gasteiger charge is 2.14. The first-order chi connectivity index (χ1) is 7.76. The fourth-order valence-electron chi connectivity index (χ4n) is 1.22. The van der Waals surface area contributed by atoms with Gasteiger partial charge in [0, 0.05) is 31.4 Å². The molecule has 0 atom stereocenters. The Morgan fingerprint density at radius 2 is 2.12 bits per heavy atom. The molecule has 0 aromatic carbocycles. The van der Waals surface area contributed by atoms with Crippen LogP contribution in [0.15, 0.2) is 23.7 Å². The van der Waals surface area contributed by atoms with E-state index in [1.807, 2.05) is 6.92 Å². The quantitative estimate of drug-likeness (QED) is 0.521. The van der Waals surface area contributed by atoms with E-state index in [0.717, 1.165) is 24.4 Å². The highest BCUT2D eigenvalue weighted by atomic mass is 16.5. The summed E-state index contributed by atoms with van der Waals surface area (Å²) in [6.45, 7) is 3.57. The Morgan fingerprint density at radius 3 is 2.81 bits per heavy atom. The monoisotopic (exact) mass is 214 g/mol. The molecule has 16 heavy (non-hydrogen) atoms. The number of ketones is 1. The summed E-state index contributed by atoms with van der Waals surface area (Å²) in [6.07, 6.45) is 5.37. The molecule has 0 amide bonds. The van der Waals surface area contributed by atoms with Crippen molar-refractivity contribution >= 4 is 5.78 Å². The van der Waals surface area contributed by atoms with Gasteiger partial charge in [0.15, 0.2) is 5.78 Å². The van der Waals surface area contributed by atoms with Gasteiger partial charge in [0.25, 0.3) is 0 Å². The van der Waals surface area contributed by atoms with Gasteiger partial charge in [0.1, 0.15) is 11.5 Å². The SMILES string of the molecule is CC#CC#CC=C1CCC(=CC(=O)CC)O1. The van der Waals surface area contributed by atoms with Crippen LogP contribution < -0.4 is 0 Å². The van der Waals surface area contributed by atoms with Crippen LogP contribution in [0, 0.1) is 23.7 Å². The lowest BCUT2D eigenvalue weighted by molar-refractivity contribution is -0.114. The first-order valence-electron chi connectivity index (χ1n) is 5.28. The van der Waals surface area contributed by atoms with Gasteiger partial charge in [-0.3, -0.25) is 4.79 Å². The van der Waals surface area contributed by atoms with Crippen LogP contribution in [-0.2, 0) is 9.53 Å². The fraction of sp³-hybridized carbons (Fsp3) is 0.357. The summed E-state index contributed by atoms with van der Waals surface area (Å²) >= 11 is 0. The van der Waals surface area contributed by atoms with Gasteiger partial charge in [-0.25, -0.2) is 0 Å². The van der Waals surface area contributed by atoms with E-state index in [1.165, 1.54) is 0 Å². The number of hydrogen-bond donors (Lipinski definition) is 0. The van der Waals surface area contributed by atoms with Crippen molar-refractivity contribution in [3.05, 3.63) is 23.7 Å². The van der Waals surface area contributed by atoms with Gasteiger partial charge in [-0.1, -0.05) is 18.8 Å². The van der Waals surface area contributed by atoms with E-state index in [0.29, 0.717) is 6.42 Å². The van der Waals surface area contributed by atoms with Gasteiger partial charge in [-0.15, -0.1) is 0 Å². The Kier molecular flexibility index (Phi) is 4.96. The van der Waals surface area contributed by atoms with Crippen molar-refractivity contribution < 1.29 is 9.53 Å². The van der Waals surface area contributed by atoms with Crippen LogP contribution in [0.4, 0.5) is 0 Å². The first kappa shape index (κ1) is 12.1. The van der Waals surface area contributed by atoms with Crippen LogP contribution in [0.2, 0.25) is 0 Å². The standard InChI is InChI=1S/C14H14O2/c1-3-5-6-7-8-13-9-10-14(16-13)11-12(15)4-2/h8,11H,4,9-10H2,1-2H3. The number of hydrogen-bond acceptors (Lipinski definition) is 2. The summed E-state index contributed by atoms with van der Waals surface area (Å²) in [4.78, 5) is 11.2. The minimum Gasteiger partial charge on any atom is -0.465 e. The Bertz CT molecular complexity index is 445. The van der Waals surface area contributed by atoms with Crippen molar-refractivity contribution in [2.24, 2.45) is 0 Å². The minimum absolute atomic E-state index is 0.0965. The molecular formula is C14H14O2. The molecule has 0 spiro atoms. The van der Waals surface area contributed by atoms with E-state index in [1.54, 1.807) is 19.1 Å². The summed E-state index contributed by atoms with van der Waals surface area (Å²) < 4.78 is 5.46. The molecule has 0 unspecified atom stereocenters. The summed E-state index contributed by atoms with van der Waals surface area (Å²) in [6, 6.07) is 0. The van der Waals surface area contributed by atoms with Crippen molar-refractivity contribution in [1.29, 1.82) is 0 Å². The molecule has 1 aliphatic rings. The van der Waals surface area contributed by atoms with E-state index in [9.17, 15) is 4.79 Å². The van der Waals surface area contributed by atoms with Crippen LogP contribution in [0.25, 0.3) is 0 Å². The van der Waals surface area contributed by atoms with Gasteiger partial charge in [-0.2, -0.15) is 0 Å². The third-order valence-electron chi connectivity index (χ3n) is 2.04. The van der Waals surface area contributed by atoms with E-state index in [4.69, 9.17) is 4.74 Å². The number of allylic oxidation sites excluding steroid dienone is 4. The molecule has 2 heteroatoms. The maximum absolute atomic E-state index is 11.2. The number of rotatable bonds is 2. The van der Waals surface area contributed by atoms with Gasteiger partial charge in [0.2, 0.25) is 0 Å². The molecule has 1 rings (SSSR count). The lowest BCUT2D eigenvalue weighted by Crippen LogP contribution is -1.91. The smallest absolute Gasteiger partial charge is 0.158 e. The zero-order valence-corrected chi connectivity index (χ0v) is 9.59. The molecule has 0 bridgehead atoms. The fourth-order valence-corrected chi connectivity index (χ4v) is 1.22. The summed E-state index contributed by atoms with van der Waals surface area (Å²) in [7, 11) is 0. The zero-order chi connectivity index (χ0) is 11.8.